The normalized spacial score (nSPS) is 11.1. The third kappa shape index (κ3) is 6.14. The van der Waals surface area contributed by atoms with Crippen molar-refractivity contribution in [2.45, 2.75) is 32.1 Å². The van der Waals surface area contributed by atoms with E-state index in [2.05, 4.69) is 5.32 Å². The second-order valence-corrected chi connectivity index (χ2v) is 9.60. The minimum Gasteiger partial charge on any atom is -0.491 e. The van der Waals surface area contributed by atoms with Crippen molar-refractivity contribution in [3.63, 3.8) is 0 Å². The fraction of sp³-hybridized carbons (Fsp3) is 0.269. The molecule has 0 fully saturated rings. The van der Waals surface area contributed by atoms with Crippen molar-refractivity contribution < 1.29 is 17.9 Å². The highest BCUT2D eigenvalue weighted by Gasteiger charge is 2.27. The summed E-state index contributed by atoms with van der Waals surface area (Å²) in [6.07, 6.45) is 0.840. The molecule has 0 aromatic heterocycles. The molecule has 1 amide bonds. The maximum atomic E-state index is 13.3. The molecule has 3 aromatic rings. The molecule has 174 valence electrons. The van der Waals surface area contributed by atoms with Gasteiger partial charge < -0.3 is 10.1 Å². The van der Waals surface area contributed by atoms with Crippen LogP contribution in [0.4, 0.5) is 5.69 Å². The number of sulfonamides is 1. The molecular weight excluding hydrogens is 436 g/mol. The minimum atomic E-state index is -3.91. The zero-order valence-electron chi connectivity index (χ0n) is 19.2. The van der Waals surface area contributed by atoms with E-state index in [0.717, 1.165) is 33.2 Å². The summed E-state index contributed by atoms with van der Waals surface area (Å²) in [6.45, 7) is 6.25. The van der Waals surface area contributed by atoms with E-state index < -0.39 is 15.9 Å². The van der Waals surface area contributed by atoms with Crippen molar-refractivity contribution in [3.8, 4) is 5.75 Å². The summed E-state index contributed by atoms with van der Waals surface area (Å²) in [4.78, 5) is 12.8. The summed E-state index contributed by atoms with van der Waals surface area (Å²) in [7, 11) is -3.91. The quantitative estimate of drug-likeness (QED) is 0.453. The van der Waals surface area contributed by atoms with Gasteiger partial charge in [-0.25, -0.2) is 8.42 Å². The number of benzene rings is 3. The molecule has 0 spiro atoms. The number of nitrogens with zero attached hydrogens (tertiary/aromatic N) is 1. The van der Waals surface area contributed by atoms with Gasteiger partial charge in [-0.3, -0.25) is 9.10 Å². The number of rotatable bonds is 10. The highest BCUT2D eigenvalue weighted by atomic mass is 32.2. The lowest BCUT2D eigenvalue weighted by Crippen LogP contribution is -2.41. The summed E-state index contributed by atoms with van der Waals surface area (Å²) in [5.41, 5.74) is 3.72. The molecule has 1 N–H and O–H groups in total. The fourth-order valence-electron chi connectivity index (χ4n) is 3.35. The Balaban J connectivity index is 1.70. The van der Waals surface area contributed by atoms with Gasteiger partial charge in [0.05, 0.1) is 17.1 Å². The van der Waals surface area contributed by atoms with Gasteiger partial charge in [0, 0.05) is 0 Å². The molecule has 0 unspecified atom stereocenters. The molecule has 0 atom stereocenters. The third-order valence-corrected chi connectivity index (χ3v) is 7.28. The first-order valence-corrected chi connectivity index (χ1v) is 12.4. The van der Waals surface area contributed by atoms with Crippen molar-refractivity contribution >= 4 is 21.6 Å². The number of aryl methyl sites for hydroxylation is 2. The first-order chi connectivity index (χ1) is 15.8. The number of carbonyl (C=O) groups is 1. The van der Waals surface area contributed by atoms with Gasteiger partial charge in [-0.2, -0.15) is 0 Å². The highest BCUT2D eigenvalue weighted by molar-refractivity contribution is 7.92. The molecule has 3 aromatic carbocycles. The van der Waals surface area contributed by atoms with Crippen molar-refractivity contribution in [1.82, 2.24) is 5.32 Å². The van der Waals surface area contributed by atoms with E-state index >= 15 is 0 Å². The van der Waals surface area contributed by atoms with Crippen LogP contribution in [0.2, 0.25) is 0 Å². The second-order valence-electron chi connectivity index (χ2n) is 7.74. The van der Waals surface area contributed by atoms with Crippen LogP contribution in [0.15, 0.2) is 77.7 Å². The number of anilines is 1. The Morgan fingerprint density at radius 1 is 0.939 bits per heavy atom. The van der Waals surface area contributed by atoms with E-state index in [1.165, 1.54) is 12.1 Å². The summed E-state index contributed by atoms with van der Waals surface area (Å²) >= 11 is 0. The number of carbonyl (C=O) groups excluding carboxylic acids is 1. The van der Waals surface area contributed by atoms with Crippen LogP contribution in [0.25, 0.3) is 0 Å². The topological polar surface area (TPSA) is 75.7 Å². The van der Waals surface area contributed by atoms with E-state index in [4.69, 9.17) is 4.74 Å². The van der Waals surface area contributed by atoms with Gasteiger partial charge >= 0.3 is 0 Å². The molecule has 0 radical (unpaired) electrons. The van der Waals surface area contributed by atoms with Crippen molar-refractivity contribution in [2.75, 3.05) is 24.0 Å². The number of hydrogen-bond donors (Lipinski definition) is 1. The van der Waals surface area contributed by atoms with Gasteiger partial charge in [0.1, 0.15) is 18.9 Å². The second kappa shape index (κ2) is 11.0. The SMILES string of the molecule is CCc1ccc(N(CC(=O)NCCOc2cccc(C)c2C)S(=O)(=O)c2ccccc2)cc1. The molecule has 33 heavy (non-hydrogen) atoms. The monoisotopic (exact) mass is 466 g/mol. The van der Waals surface area contributed by atoms with Crippen LogP contribution in [0.5, 0.6) is 5.75 Å². The first-order valence-electron chi connectivity index (χ1n) is 11.0. The summed E-state index contributed by atoms with van der Waals surface area (Å²) in [5, 5.41) is 2.76. The molecule has 0 heterocycles. The van der Waals surface area contributed by atoms with E-state index in [0.29, 0.717) is 5.69 Å². The van der Waals surface area contributed by atoms with Crippen LogP contribution in [-0.2, 0) is 21.2 Å². The Morgan fingerprint density at radius 3 is 2.30 bits per heavy atom. The predicted octanol–water partition coefficient (Wildman–Crippen LogP) is 4.26. The molecule has 7 heteroatoms. The Morgan fingerprint density at radius 2 is 1.64 bits per heavy atom. The first kappa shape index (κ1) is 24.3. The van der Waals surface area contributed by atoms with Gasteiger partial charge in [-0.05, 0) is 67.3 Å². The van der Waals surface area contributed by atoms with Crippen LogP contribution in [0.1, 0.15) is 23.6 Å². The predicted molar refractivity (Wildman–Crippen MR) is 131 cm³/mol. The average Bonchev–Trinajstić information content (AvgIpc) is 2.83. The number of nitrogens with one attached hydrogen (secondary N) is 1. The Labute approximate surface area is 196 Å². The van der Waals surface area contributed by atoms with Crippen LogP contribution < -0.4 is 14.4 Å². The van der Waals surface area contributed by atoms with E-state index in [1.54, 1.807) is 30.3 Å². The molecule has 0 saturated carbocycles. The van der Waals surface area contributed by atoms with Gasteiger partial charge in [0.25, 0.3) is 10.0 Å². The standard InChI is InChI=1S/C26H30N2O4S/c1-4-22-13-15-23(16-14-22)28(33(30,31)24-10-6-5-7-11-24)19-26(29)27-17-18-32-25-12-8-9-20(2)21(25)3/h5-16H,4,17-19H2,1-3H3,(H,27,29). The third-order valence-electron chi connectivity index (χ3n) is 5.49. The summed E-state index contributed by atoms with van der Waals surface area (Å²) < 4.78 is 33.6. The lowest BCUT2D eigenvalue weighted by Gasteiger charge is -2.24. The van der Waals surface area contributed by atoms with E-state index in [9.17, 15) is 13.2 Å². The molecule has 0 aliphatic rings. The van der Waals surface area contributed by atoms with Crippen LogP contribution in [0, 0.1) is 13.8 Å². The smallest absolute Gasteiger partial charge is 0.264 e. The van der Waals surface area contributed by atoms with Gasteiger partial charge in [-0.1, -0.05) is 49.4 Å². The average molecular weight is 467 g/mol. The van der Waals surface area contributed by atoms with Gasteiger partial charge in [0.2, 0.25) is 5.91 Å². The number of ether oxygens (including phenoxy) is 1. The summed E-state index contributed by atoms with van der Waals surface area (Å²) in [5.74, 6) is 0.368. The van der Waals surface area contributed by atoms with Crippen molar-refractivity contribution in [1.29, 1.82) is 0 Å². The number of amides is 1. The Kier molecular flexibility index (Phi) is 8.11. The van der Waals surface area contributed by atoms with E-state index in [-0.39, 0.29) is 24.6 Å². The number of hydrogen-bond acceptors (Lipinski definition) is 4. The molecule has 0 bridgehead atoms. The fourth-order valence-corrected chi connectivity index (χ4v) is 4.79. The lowest BCUT2D eigenvalue weighted by atomic mass is 10.1. The molecular formula is C26H30N2O4S. The van der Waals surface area contributed by atoms with E-state index in [1.807, 2.05) is 51.1 Å². The summed E-state index contributed by atoms with van der Waals surface area (Å²) in [6, 6.07) is 21.2. The van der Waals surface area contributed by atoms with Crippen LogP contribution >= 0.6 is 0 Å². The molecule has 0 aliphatic carbocycles. The van der Waals surface area contributed by atoms with Crippen molar-refractivity contribution in [3.05, 3.63) is 89.5 Å². The molecule has 0 aliphatic heterocycles. The molecule has 0 saturated heterocycles. The molecule has 3 rings (SSSR count). The highest BCUT2D eigenvalue weighted by Crippen LogP contribution is 2.24. The largest absolute Gasteiger partial charge is 0.491 e. The van der Waals surface area contributed by atoms with Gasteiger partial charge in [-0.15, -0.1) is 0 Å². The van der Waals surface area contributed by atoms with Crippen LogP contribution in [-0.4, -0.2) is 34.0 Å². The Bertz CT molecular complexity index is 1180. The Hall–Kier alpha value is -3.32. The maximum Gasteiger partial charge on any atom is 0.264 e. The van der Waals surface area contributed by atoms with Gasteiger partial charge in [0.15, 0.2) is 0 Å². The molecule has 6 nitrogen and oxygen atoms in total. The zero-order valence-corrected chi connectivity index (χ0v) is 20.1. The maximum absolute atomic E-state index is 13.3. The zero-order chi connectivity index (χ0) is 23.8. The van der Waals surface area contributed by atoms with Crippen molar-refractivity contribution in [2.24, 2.45) is 0 Å². The lowest BCUT2D eigenvalue weighted by molar-refractivity contribution is -0.119. The van der Waals surface area contributed by atoms with Crippen LogP contribution in [0.3, 0.4) is 0 Å². The minimum absolute atomic E-state index is 0.135.